The molecule has 0 saturated carbocycles. The Morgan fingerprint density at radius 3 is 2.69 bits per heavy atom. The highest BCUT2D eigenvalue weighted by Gasteiger charge is 2.42. The van der Waals surface area contributed by atoms with Crippen molar-refractivity contribution in [2.24, 2.45) is 0 Å². The van der Waals surface area contributed by atoms with E-state index in [2.05, 4.69) is 25.6 Å². The number of hydrogen-bond donors (Lipinski definition) is 2. The van der Waals surface area contributed by atoms with Gasteiger partial charge in [0.25, 0.3) is 5.91 Å². The lowest BCUT2D eigenvalue weighted by molar-refractivity contribution is 0.0704. The minimum Gasteiger partial charge on any atom is -0.341 e. The normalized spacial score (nSPS) is 27.0. The van der Waals surface area contributed by atoms with E-state index in [0.717, 1.165) is 56.2 Å². The molecule has 3 unspecified atom stereocenters. The lowest BCUT2D eigenvalue weighted by atomic mass is 9.90. The van der Waals surface area contributed by atoms with E-state index in [4.69, 9.17) is 4.98 Å². The minimum atomic E-state index is 0.126. The number of benzene rings is 1. The fraction of sp³-hybridized carbons (Fsp3) is 0.500. The molecule has 1 aromatic heterocycles. The predicted molar refractivity (Wildman–Crippen MR) is 112 cm³/mol. The highest BCUT2D eigenvalue weighted by atomic mass is 16.2. The Hall–Kier alpha value is -2.51. The number of likely N-dealkylation sites (tertiary alicyclic amines) is 1. The topological polar surface area (TPSA) is 73.4 Å². The van der Waals surface area contributed by atoms with Crippen LogP contribution in [-0.4, -0.2) is 59.0 Å². The largest absolute Gasteiger partial charge is 0.341 e. The summed E-state index contributed by atoms with van der Waals surface area (Å²) >= 11 is 0. The van der Waals surface area contributed by atoms with Crippen LogP contribution in [0.25, 0.3) is 0 Å². The summed E-state index contributed by atoms with van der Waals surface area (Å²) < 4.78 is 0. The van der Waals surface area contributed by atoms with Crippen molar-refractivity contribution in [1.82, 2.24) is 25.7 Å². The molecule has 0 radical (unpaired) electrons. The Morgan fingerprint density at radius 2 is 1.86 bits per heavy atom. The maximum Gasteiger partial charge on any atom is 0.254 e. The molecule has 7 nitrogen and oxygen atoms in total. The molecule has 29 heavy (non-hydrogen) atoms. The zero-order valence-electron chi connectivity index (χ0n) is 16.6. The second kappa shape index (κ2) is 8.08. The smallest absolute Gasteiger partial charge is 0.254 e. The molecule has 152 valence electrons. The van der Waals surface area contributed by atoms with Crippen molar-refractivity contribution in [2.45, 2.75) is 43.7 Å². The number of carbonyl (C=O) groups is 1. The van der Waals surface area contributed by atoms with Gasteiger partial charge in [-0.05, 0) is 43.9 Å². The van der Waals surface area contributed by atoms with Gasteiger partial charge in [-0.3, -0.25) is 15.6 Å². The number of nitrogens with one attached hydrogen (secondary N) is 2. The van der Waals surface area contributed by atoms with Gasteiger partial charge in [-0.1, -0.05) is 18.2 Å². The first-order valence-corrected chi connectivity index (χ1v) is 10.7. The van der Waals surface area contributed by atoms with E-state index >= 15 is 0 Å². The average molecular weight is 393 g/mol. The number of hydrazine groups is 1. The lowest BCUT2D eigenvalue weighted by Gasteiger charge is -2.32. The van der Waals surface area contributed by atoms with Crippen LogP contribution in [-0.2, 0) is 0 Å². The summed E-state index contributed by atoms with van der Waals surface area (Å²) in [5.74, 6) is 1.18. The summed E-state index contributed by atoms with van der Waals surface area (Å²) in [6, 6.07) is 12.0. The molecule has 3 aliphatic heterocycles. The van der Waals surface area contributed by atoms with Crippen LogP contribution in [0.15, 0.2) is 42.6 Å². The lowest BCUT2D eigenvalue weighted by Crippen LogP contribution is -2.50. The first-order chi connectivity index (χ1) is 14.3. The first-order valence-electron chi connectivity index (χ1n) is 10.7. The van der Waals surface area contributed by atoms with E-state index in [1.165, 1.54) is 12.8 Å². The van der Waals surface area contributed by atoms with Crippen molar-refractivity contribution in [1.29, 1.82) is 0 Å². The molecule has 5 rings (SSSR count). The maximum absolute atomic E-state index is 13.1. The van der Waals surface area contributed by atoms with E-state index in [9.17, 15) is 4.79 Å². The molecule has 3 saturated heterocycles. The van der Waals surface area contributed by atoms with E-state index in [-0.39, 0.29) is 23.9 Å². The van der Waals surface area contributed by atoms with Gasteiger partial charge in [0.1, 0.15) is 0 Å². The van der Waals surface area contributed by atoms with Crippen LogP contribution in [0, 0.1) is 0 Å². The third kappa shape index (κ3) is 3.60. The number of amides is 1. The quantitative estimate of drug-likeness (QED) is 0.829. The van der Waals surface area contributed by atoms with Gasteiger partial charge < -0.3 is 9.80 Å². The number of carbonyl (C=O) groups excluding carboxylic acids is 1. The van der Waals surface area contributed by atoms with Crippen molar-refractivity contribution >= 4 is 11.9 Å². The number of rotatable bonds is 4. The molecule has 3 aliphatic rings. The minimum absolute atomic E-state index is 0.126. The van der Waals surface area contributed by atoms with Crippen molar-refractivity contribution in [2.75, 3.05) is 31.1 Å². The second-order valence-corrected chi connectivity index (χ2v) is 8.21. The molecule has 0 aliphatic carbocycles. The van der Waals surface area contributed by atoms with E-state index in [1.807, 2.05) is 42.6 Å². The monoisotopic (exact) mass is 392 g/mol. The van der Waals surface area contributed by atoms with Gasteiger partial charge in [-0.25, -0.2) is 9.97 Å². The fourth-order valence-corrected chi connectivity index (χ4v) is 4.97. The van der Waals surface area contributed by atoms with Crippen LogP contribution in [0.4, 0.5) is 5.95 Å². The van der Waals surface area contributed by atoms with Crippen molar-refractivity contribution in [3.63, 3.8) is 0 Å². The number of hydrogen-bond acceptors (Lipinski definition) is 6. The molecule has 3 atom stereocenters. The summed E-state index contributed by atoms with van der Waals surface area (Å²) in [4.78, 5) is 26.9. The number of anilines is 1. The highest BCUT2D eigenvalue weighted by Crippen LogP contribution is 2.32. The van der Waals surface area contributed by atoms with Crippen LogP contribution in [0.1, 0.15) is 47.7 Å². The Bertz CT molecular complexity index is 853. The molecule has 1 amide bonds. The van der Waals surface area contributed by atoms with Crippen molar-refractivity contribution in [3.8, 4) is 0 Å². The van der Waals surface area contributed by atoms with Gasteiger partial charge in [-0.15, -0.1) is 0 Å². The first kappa shape index (κ1) is 18.5. The molecule has 2 N–H and O–H groups in total. The Kier molecular flexibility index (Phi) is 5.16. The zero-order chi connectivity index (χ0) is 19.6. The molecule has 1 aromatic carbocycles. The van der Waals surface area contributed by atoms with Gasteiger partial charge in [0.2, 0.25) is 5.95 Å². The molecular weight excluding hydrogens is 364 g/mol. The van der Waals surface area contributed by atoms with Gasteiger partial charge in [-0.2, -0.15) is 0 Å². The Labute approximate surface area is 171 Å². The van der Waals surface area contributed by atoms with Crippen molar-refractivity contribution in [3.05, 3.63) is 53.9 Å². The summed E-state index contributed by atoms with van der Waals surface area (Å²) in [5.41, 5.74) is 8.60. The second-order valence-electron chi connectivity index (χ2n) is 8.21. The maximum atomic E-state index is 13.1. The molecular formula is C22H28N6O. The number of nitrogens with zero attached hydrogens (tertiary/aromatic N) is 4. The Balaban J connectivity index is 1.37. The number of aromatic nitrogens is 2. The summed E-state index contributed by atoms with van der Waals surface area (Å²) in [7, 11) is 0. The third-order valence-electron chi connectivity index (χ3n) is 6.45. The van der Waals surface area contributed by atoms with Gasteiger partial charge in [0.15, 0.2) is 0 Å². The summed E-state index contributed by atoms with van der Waals surface area (Å²) in [6.45, 7) is 3.70. The summed E-state index contributed by atoms with van der Waals surface area (Å²) in [6.07, 6.45) is 6.35. The molecule has 3 fully saturated rings. The highest BCUT2D eigenvalue weighted by molar-refractivity contribution is 5.94. The van der Waals surface area contributed by atoms with Crippen molar-refractivity contribution < 1.29 is 4.79 Å². The van der Waals surface area contributed by atoms with Crippen LogP contribution < -0.4 is 15.8 Å². The zero-order valence-corrected chi connectivity index (χ0v) is 16.6. The van der Waals surface area contributed by atoms with Crippen LogP contribution in [0.5, 0.6) is 0 Å². The average Bonchev–Trinajstić information content (AvgIpc) is 3.55. The van der Waals surface area contributed by atoms with E-state index in [0.29, 0.717) is 0 Å². The van der Waals surface area contributed by atoms with E-state index < -0.39 is 0 Å². The van der Waals surface area contributed by atoms with Crippen LogP contribution in [0.2, 0.25) is 0 Å². The van der Waals surface area contributed by atoms with Crippen LogP contribution >= 0.6 is 0 Å². The van der Waals surface area contributed by atoms with E-state index in [1.54, 1.807) is 0 Å². The van der Waals surface area contributed by atoms with Gasteiger partial charge in [0.05, 0.1) is 11.7 Å². The molecule has 0 spiro atoms. The van der Waals surface area contributed by atoms with Crippen LogP contribution in [0.3, 0.4) is 0 Å². The molecule has 7 heteroatoms. The Morgan fingerprint density at radius 1 is 1.03 bits per heavy atom. The summed E-state index contributed by atoms with van der Waals surface area (Å²) in [5, 5.41) is 0. The fourth-order valence-electron chi connectivity index (χ4n) is 4.97. The standard InChI is InChI=1S/C22H28N6O/c29-21(16-7-2-1-3-8-16)28-14-6-9-19(28)20-17(15-24-26-20)18-10-11-23-22(25-18)27-12-4-5-13-27/h1-3,7-8,10-11,17,19-20,24,26H,4-6,9,12-15H2. The molecule has 4 heterocycles. The van der Waals surface area contributed by atoms with Gasteiger partial charge >= 0.3 is 0 Å². The van der Waals surface area contributed by atoms with Gasteiger partial charge in [0, 0.05) is 49.9 Å². The molecule has 0 bridgehead atoms. The third-order valence-corrected chi connectivity index (χ3v) is 6.45. The predicted octanol–water partition coefficient (Wildman–Crippen LogP) is 1.94. The molecule has 2 aromatic rings. The SMILES string of the molecule is O=C(c1ccccc1)N1CCCC1C1NNCC1c1ccnc(N2CCCC2)n1.